The zero-order valence-corrected chi connectivity index (χ0v) is 14.1. The van der Waals surface area contributed by atoms with Gasteiger partial charge in [0, 0.05) is 42.6 Å². The Morgan fingerprint density at radius 3 is 2.57 bits per heavy atom. The van der Waals surface area contributed by atoms with Crippen molar-refractivity contribution < 1.29 is 8.78 Å². The van der Waals surface area contributed by atoms with Crippen LogP contribution in [0.3, 0.4) is 0 Å². The van der Waals surface area contributed by atoms with Crippen LogP contribution in [-0.4, -0.2) is 22.4 Å². The number of hydrogen-bond donors (Lipinski definition) is 0. The van der Waals surface area contributed by atoms with Gasteiger partial charge in [0.2, 0.25) is 0 Å². The number of halogens is 2. The van der Waals surface area contributed by atoms with Crippen LogP contribution in [0.15, 0.2) is 24.5 Å². The van der Waals surface area contributed by atoms with Crippen molar-refractivity contribution in [3.8, 4) is 11.1 Å². The molecule has 1 atom stereocenters. The molecule has 1 aliphatic heterocycles. The molecule has 3 nitrogen and oxygen atoms in total. The Kier molecular flexibility index (Phi) is 4.13. The van der Waals surface area contributed by atoms with Gasteiger partial charge < -0.3 is 4.90 Å². The van der Waals surface area contributed by atoms with Crippen molar-refractivity contribution >= 4 is 5.69 Å². The summed E-state index contributed by atoms with van der Waals surface area (Å²) in [6, 6.07) is 3.93. The number of aryl methyl sites for hydroxylation is 1. The first-order chi connectivity index (χ1) is 10.9. The van der Waals surface area contributed by atoms with E-state index < -0.39 is 6.43 Å². The number of aromatic nitrogens is 2. The molecule has 5 heteroatoms. The van der Waals surface area contributed by atoms with Crippen LogP contribution in [0.5, 0.6) is 0 Å². The summed E-state index contributed by atoms with van der Waals surface area (Å²) in [5, 5.41) is 4.12. The number of alkyl halides is 2. The van der Waals surface area contributed by atoms with Crippen LogP contribution in [0.1, 0.15) is 38.3 Å². The van der Waals surface area contributed by atoms with E-state index in [1.54, 1.807) is 30.2 Å². The molecule has 0 aliphatic carbocycles. The van der Waals surface area contributed by atoms with Crippen molar-refractivity contribution in [2.45, 2.75) is 39.7 Å². The van der Waals surface area contributed by atoms with Gasteiger partial charge in [0.15, 0.2) is 0 Å². The van der Waals surface area contributed by atoms with E-state index >= 15 is 0 Å². The summed E-state index contributed by atoms with van der Waals surface area (Å²) in [6.45, 7) is 7.35. The van der Waals surface area contributed by atoms with Gasteiger partial charge in [-0.15, -0.1) is 0 Å². The highest BCUT2D eigenvalue weighted by atomic mass is 19.3. The highest BCUT2D eigenvalue weighted by molar-refractivity contribution is 5.73. The van der Waals surface area contributed by atoms with Crippen molar-refractivity contribution in [2.24, 2.45) is 13.0 Å². The predicted octanol–water partition coefficient (Wildman–Crippen LogP) is 4.43. The van der Waals surface area contributed by atoms with Crippen LogP contribution in [0, 0.1) is 5.92 Å². The predicted molar refractivity (Wildman–Crippen MR) is 89.0 cm³/mol. The van der Waals surface area contributed by atoms with Crippen molar-refractivity contribution in [2.75, 3.05) is 11.4 Å². The lowest BCUT2D eigenvalue weighted by Gasteiger charge is -2.38. The average Bonchev–Trinajstić information content (AvgIpc) is 2.91. The Morgan fingerprint density at radius 2 is 2.00 bits per heavy atom. The number of rotatable bonds is 3. The summed E-state index contributed by atoms with van der Waals surface area (Å²) in [5.74, 6) is 0.518. The van der Waals surface area contributed by atoms with Crippen LogP contribution in [0.2, 0.25) is 0 Å². The van der Waals surface area contributed by atoms with E-state index in [1.165, 1.54) is 0 Å². The lowest BCUT2D eigenvalue weighted by atomic mass is 9.88. The Morgan fingerprint density at radius 1 is 1.26 bits per heavy atom. The minimum atomic E-state index is -2.50. The van der Waals surface area contributed by atoms with Crippen LogP contribution in [-0.2, 0) is 13.5 Å². The van der Waals surface area contributed by atoms with Gasteiger partial charge in [0.1, 0.15) is 0 Å². The van der Waals surface area contributed by atoms with Gasteiger partial charge in [0.05, 0.1) is 6.20 Å². The van der Waals surface area contributed by atoms with Gasteiger partial charge in [-0.2, -0.15) is 5.10 Å². The zero-order chi connectivity index (χ0) is 16.7. The monoisotopic (exact) mass is 319 g/mol. The highest BCUT2D eigenvalue weighted by Crippen LogP contribution is 2.40. The zero-order valence-electron chi connectivity index (χ0n) is 14.1. The molecule has 0 N–H and O–H groups in total. The maximum Gasteiger partial charge on any atom is 0.264 e. The molecular formula is C18H23F2N3. The molecule has 2 aromatic rings. The SMILES string of the molecule is CC(C)N1C[C@H](C)Cc2cc(-c3cnn(C)c3)c(C(F)F)cc21. The van der Waals surface area contributed by atoms with E-state index in [0.717, 1.165) is 29.8 Å². The van der Waals surface area contributed by atoms with Gasteiger partial charge in [-0.05, 0) is 49.4 Å². The number of nitrogens with zero attached hydrogens (tertiary/aromatic N) is 3. The van der Waals surface area contributed by atoms with E-state index in [2.05, 4.69) is 30.8 Å². The molecule has 0 radical (unpaired) electrons. The van der Waals surface area contributed by atoms with E-state index in [-0.39, 0.29) is 5.56 Å². The van der Waals surface area contributed by atoms with Crippen LogP contribution in [0.25, 0.3) is 11.1 Å². The molecule has 1 aromatic carbocycles. The summed E-state index contributed by atoms with van der Waals surface area (Å²) in [6.07, 6.45) is 1.87. The fourth-order valence-corrected chi connectivity index (χ4v) is 3.43. The third kappa shape index (κ3) is 2.96. The molecule has 1 aliphatic rings. The van der Waals surface area contributed by atoms with Crippen LogP contribution < -0.4 is 4.90 Å². The number of benzene rings is 1. The molecule has 0 spiro atoms. The van der Waals surface area contributed by atoms with Crippen LogP contribution >= 0.6 is 0 Å². The molecule has 0 fully saturated rings. The highest BCUT2D eigenvalue weighted by Gasteiger charge is 2.27. The molecule has 0 bridgehead atoms. The number of fused-ring (bicyclic) bond motifs is 1. The van der Waals surface area contributed by atoms with Gasteiger partial charge in [-0.3, -0.25) is 4.68 Å². The Bertz CT molecular complexity index is 706. The molecule has 0 amide bonds. The average molecular weight is 319 g/mol. The number of hydrogen-bond acceptors (Lipinski definition) is 2. The van der Waals surface area contributed by atoms with E-state index in [4.69, 9.17) is 0 Å². The Labute approximate surface area is 135 Å². The summed E-state index contributed by atoms with van der Waals surface area (Å²) >= 11 is 0. The van der Waals surface area contributed by atoms with Crippen molar-refractivity contribution in [3.05, 3.63) is 35.7 Å². The van der Waals surface area contributed by atoms with Crippen molar-refractivity contribution in [1.29, 1.82) is 0 Å². The lowest BCUT2D eigenvalue weighted by molar-refractivity contribution is 0.152. The molecule has 0 saturated heterocycles. The Balaban J connectivity index is 2.17. The third-order valence-electron chi connectivity index (χ3n) is 4.51. The maximum absolute atomic E-state index is 13.6. The largest absolute Gasteiger partial charge is 0.369 e. The third-order valence-corrected chi connectivity index (χ3v) is 4.51. The van der Waals surface area contributed by atoms with Crippen molar-refractivity contribution in [3.63, 3.8) is 0 Å². The lowest BCUT2D eigenvalue weighted by Crippen LogP contribution is -2.39. The summed E-state index contributed by atoms with van der Waals surface area (Å²) in [4.78, 5) is 2.24. The minimum absolute atomic E-state index is 0.0944. The molecule has 124 valence electrons. The molecular weight excluding hydrogens is 296 g/mol. The minimum Gasteiger partial charge on any atom is -0.369 e. The number of anilines is 1. The van der Waals surface area contributed by atoms with Gasteiger partial charge in [-0.1, -0.05) is 6.92 Å². The van der Waals surface area contributed by atoms with Gasteiger partial charge >= 0.3 is 0 Å². The smallest absolute Gasteiger partial charge is 0.264 e. The molecule has 2 heterocycles. The molecule has 0 unspecified atom stereocenters. The van der Waals surface area contributed by atoms with E-state index in [0.29, 0.717) is 17.5 Å². The molecule has 3 rings (SSSR count). The quantitative estimate of drug-likeness (QED) is 0.834. The van der Waals surface area contributed by atoms with E-state index in [1.807, 2.05) is 6.07 Å². The molecule has 23 heavy (non-hydrogen) atoms. The first kappa shape index (κ1) is 16.0. The second kappa shape index (κ2) is 5.95. The van der Waals surface area contributed by atoms with Gasteiger partial charge in [0.25, 0.3) is 6.43 Å². The van der Waals surface area contributed by atoms with Crippen molar-refractivity contribution in [1.82, 2.24) is 9.78 Å². The first-order valence-corrected chi connectivity index (χ1v) is 8.07. The second-order valence-corrected chi connectivity index (χ2v) is 6.83. The second-order valence-electron chi connectivity index (χ2n) is 6.83. The maximum atomic E-state index is 13.6. The normalized spacial score (nSPS) is 17.9. The summed E-state index contributed by atoms with van der Waals surface area (Å²) in [5.41, 5.74) is 3.56. The van der Waals surface area contributed by atoms with E-state index in [9.17, 15) is 8.78 Å². The Hall–Kier alpha value is -1.91. The summed E-state index contributed by atoms with van der Waals surface area (Å²) in [7, 11) is 1.80. The topological polar surface area (TPSA) is 21.1 Å². The van der Waals surface area contributed by atoms with Gasteiger partial charge in [-0.25, -0.2) is 8.78 Å². The first-order valence-electron chi connectivity index (χ1n) is 8.07. The fourth-order valence-electron chi connectivity index (χ4n) is 3.43. The van der Waals surface area contributed by atoms with Crippen LogP contribution in [0.4, 0.5) is 14.5 Å². The standard InChI is InChI=1S/C18H23F2N3/c1-11(2)23-9-12(3)5-13-6-15(14-8-21-22(4)10-14)16(18(19)20)7-17(13)23/h6-8,10-12,18H,5,9H2,1-4H3/t12-/m1/s1. The summed E-state index contributed by atoms with van der Waals surface area (Å²) < 4.78 is 28.9. The fraction of sp³-hybridized carbons (Fsp3) is 0.500. The molecule has 1 aromatic heterocycles. The molecule has 0 saturated carbocycles.